The first-order valence-corrected chi connectivity index (χ1v) is 12.5. The number of imidazole rings is 1. The molecule has 7 nitrogen and oxygen atoms in total. The van der Waals surface area contributed by atoms with Crippen LogP contribution in [0.5, 0.6) is 0 Å². The van der Waals surface area contributed by atoms with Gasteiger partial charge in [0, 0.05) is 54.7 Å². The summed E-state index contributed by atoms with van der Waals surface area (Å²) in [5.74, 6) is 0.603. The number of rotatable bonds is 5. The van der Waals surface area contributed by atoms with Gasteiger partial charge in [-0.2, -0.15) is 0 Å². The molecule has 0 atom stereocenters. The highest BCUT2D eigenvalue weighted by atomic mass is 19.1. The van der Waals surface area contributed by atoms with E-state index in [1.54, 1.807) is 12.4 Å². The van der Waals surface area contributed by atoms with Gasteiger partial charge < -0.3 is 15.4 Å². The van der Waals surface area contributed by atoms with Crippen LogP contribution in [0.3, 0.4) is 0 Å². The van der Waals surface area contributed by atoms with Crippen molar-refractivity contribution >= 4 is 22.2 Å². The highest BCUT2D eigenvalue weighted by molar-refractivity contribution is 6.02. The molecule has 0 spiro atoms. The third-order valence-electron chi connectivity index (χ3n) is 7.10. The minimum absolute atomic E-state index is 0.315. The predicted molar refractivity (Wildman–Crippen MR) is 144 cm³/mol. The number of ether oxygens (including phenoxy) is 1. The molecule has 37 heavy (non-hydrogen) atoms. The summed E-state index contributed by atoms with van der Waals surface area (Å²) in [5, 5.41) is 1.83. The van der Waals surface area contributed by atoms with Crippen LogP contribution in [0.1, 0.15) is 30.0 Å². The minimum Gasteiger partial charge on any atom is -0.383 e. The highest BCUT2D eigenvalue weighted by Crippen LogP contribution is 2.35. The van der Waals surface area contributed by atoms with Crippen LogP contribution in [-0.2, 0) is 11.3 Å². The molecule has 0 aliphatic carbocycles. The van der Waals surface area contributed by atoms with Gasteiger partial charge in [0.25, 0.3) is 0 Å². The maximum absolute atomic E-state index is 13.7. The third-order valence-corrected chi connectivity index (χ3v) is 7.10. The fourth-order valence-electron chi connectivity index (χ4n) is 5.27. The normalized spacial score (nSPS) is 14.7. The smallest absolute Gasteiger partial charge is 0.140 e. The molecule has 1 aromatic carbocycles. The lowest BCUT2D eigenvalue weighted by atomic mass is 9.89. The van der Waals surface area contributed by atoms with E-state index >= 15 is 0 Å². The van der Waals surface area contributed by atoms with Gasteiger partial charge in [0.15, 0.2) is 0 Å². The van der Waals surface area contributed by atoms with Gasteiger partial charge in [-0.15, -0.1) is 0 Å². The van der Waals surface area contributed by atoms with E-state index in [-0.39, 0.29) is 5.82 Å². The molecule has 5 aromatic rings. The molecule has 1 fully saturated rings. The van der Waals surface area contributed by atoms with E-state index in [1.165, 1.54) is 17.7 Å². The second kappa shape index (κ2) is 9.53. The summed E-state index contributed by atoms with van der Waals surface area (Å²) in [6, 6.07) is 13.3. The maximum Gasteiger partial charge on any atom is 0.140 e. The van der Waals surface area contributed by atoms with E-state index < -0.39 is 0 Å². The van der Waals surface area contributed by atoms with E-state index in [1.807, 2.05) is 22.7 Å². The lowest BCUT2D eigenvalue weighted by Gasteiger charge is -2.25. The minimum atomic E-state index is -0.315. The third kappa shape index (κ3) is 4.43. The Hall–Kier alpha value is -3.88. The van der Waals surface area contributed by atoms with Gasteiger partial charge in [0.05, 0.1) is 23.3 Å². The zero-order valence-electron chi connectivity index (χ0n) is 21.0. The first-order valence-electron chi connectivity index (χ1n) is 12.5. The van der Waals surface area contributed by atoms with Gasteiger partial charge in [-0.1, -0.05) is 18.2 Å². The van der Waals surface area contributed by atoms with E-state index in [0.717, 1.165) is 71.6 Å². The van der Waals surface area contributed by atoms with Gasteiger partial charge >= 0.3 is 0 Å². The summed E-state index contributed by atoms with van der Waals surface area (Å²) < 4.78 is 21.1. The molecule has 4 aromatic heterocycles. The van der Waals surface area contributed by atoms with Gasteiger partial charge in [-0.25, -0.2) is 14.4 Å². The molecule has 6 rings (SSSR count). The van der Waals surface area contributed by atoms with Gasteiger partial charge in [-0.3, -0.25) is 9.38 Å². The highest BCUT2D eigenvalue weighted by Gasteiger charge is 2.21. The van der Waals surface area contributed by atoms with Crippen molar-refractivity contribution in [2.45, 2.75) is 25.3 Å². The molecule has 0 unspecified atom stereocenters. The molecule has 8 heteroatoms. The average Bonchev–Trinajstić information content (AvgIpc) is 3.32. The molecule has 1 aliphatic rings. The number of hydrogen-bond donors (Lipinski definition) is 1. The van der Waals surface area contributed by atoms with Crippen molar-refractivity contribution < 1.29 is 9.13 Å². The van der Waals surface area contributed by atoms with Crippen molar-refractivity contribution in [1.82, 2.24) is 24.3 Å². The molecule has 1 saturated heterocycles. The van der Waals surface area contributed by atoms with Crippen LogP contribution in [-0.4, -0.2) is 51.6 Å². The molecule has 188 valence electrons. The van der Waals surface area contributed by atoms with Gasteiger partial charge in [-0.05, 0) is 62.0 Å². The summed E-state index contributed by atoms with van der Waals surface area (Å²) in [6.07, 6.45) is 7.28. The largest absolute Gasteiger partial charge is 0.383 e. The van der Waals surface area contributed by atoms with Gasteiger partial charge in [0.2, 0.25) is 0 Å². The maximum atomic E-state index is 13.7. The summed E-state index contributed by atoms with van der Waals surface area (Å²) >= 11 is 0. The predicted octanol–water partition coefficient (Wildman–Crippen LogP) is 5.29. The Balaban J connectivity index is 1.45. The summed E-state index contributed by atoms with van der Waals surface area (Å²) in [4.78, 5) is 16.2. The van der Waals surface area contributed by atoms with Crippen LogP contribution >= 0.6 is 0 Å². The van der Waals surface area contributed by atoms with Crippen LogP contribution in [0.4, 0.5) is 10.2 Å². The van der Waals surface area contributed by atoms with E-state index in [2.05, 4.69) is 47.2 Å². The molecule has 2 N–H and O–H groups in total. The van der Waals surface area contributed by atoms with Crippen LogP contribution in [0, 0.1) is 5.82 Å². The zero-order valence-corrected chi connectivity index (χ0v) is 21.0. The Bertz CT molecular complexity index is 1610. The van der Waals surface area contributed by atoms with Crippen molar-refractivity contribution in [3.63, 3.8) is 0 Å². The second-order valence-corrected chi connectivity index (χ2v) is 9.89. The monoisotopic (exact) mass is 496 g/mol. The number of nitrogens with two attached hydrogens (primary N) is 1. The number of fused-ring (bicyclic) bond motifs is 2. The van der Waals surface area contributed by atoms with Crippen molar-refractivity contribution in [1.29, 1.82) is 0 Å². The number of aromatic nitrogens is 4. The topological polar surface area (TPSA) is 81.6 Å². The zero-order chi connectivity index (χ0) is 25.5. The Kier molecular flexibility index (Phi) is 6.06. The molecule has 1 aliphatic heterocycles. The van der Waals surface area contributed by atoms with Crippen LogP contribution in [0.2, 0.25) is 0 Å². The average molecular weight is 497 g/mol. The molecule has 0 bridgehead atoms. The summed E-state index contributed by atoms with van der Waals surface area (Å²) in [7, 11) is 4.14. The SMILES string of the molecule is CN(C)Cc1nc(-c2cnc(N)c3cc(-c4cnc5cc(F)ccn45)ccc23)ccc1C1CCOCC1. The first-order chi connectivity index (χ1) is 18.0. The molecule has 0 saturated carbocycles. The first kappa shape index (κ1) is 23.5. The van der Waals surface area contributed by atoms with Crippen molar-refractivity contribution in [2.24, 2.45) is 0 Å². The van der Waals surface area contributed by atoms with Gasteiger partial charge in [0.1, 0.15) is 17.3 Å². The molecule has 5 heterocycles. The van der Waals surface area contributed by atoms with Crippen LogP contribution in [0.25, 0.3) is 38.9 Å². The van der Waals surface area contributed by atoms with E-state index in [9.17, 15) is 4.39 Å². The lowest BCUT2D eigenvalue weighted by Crippen LogP contribution is -2.19. The lowest BCUT2D eigenvalue weighted by molar-refractivity contribution is 0.0849. The number of halogens is 1. The number of nitrogens with zero attached hydrogens (tertiary/aromatic N) is 5. The van der Waals surface area contributed by atoms with E-state index in [4.69, 9.17) is 15.5 Å². The molecule has 0 amide bonds. The molecular weight excluding hydrogens is 467 g/mol. The summed E-state index contributed by atoms with van der Waals surface area (Å²) in [6.45, 7) is 2.36. The molecule has 0 radical (unpaired) electrons. The Morgan fingerprint density at radius 3 is 2.68 bits per heavy atom. The summed E-state index contributed by atoms with van der Waals surface area (Å²) in [5.41, 5.74) is 12.9. The number of benzene rings is 1. The second-order valence-electron chi connectivity index (χ2n) is 9.89. The number of pyridine rings is 3. The number of hydrogen-bond acceptors (Lipinski definition) is 6. The van der Waals surface area contributed by atoms with Crippen LogP contribution < -0.4 is 5.73 Å². The Morgan fingerprint density at radius 2 is 1.86 bits per heavy atom. The number of nitrogen functional groups attached to an aromatic ring is 1. The van der Waals surface area contributed by atoms with Crippen molar-refractivity contribution in [3.8, 4) is 22.5 Å². The standard InChI is InChI=1S/C29H29FN6O/c1-35(2)17-26-21(18-8-11-37-12-9-18)5-6-25(34-26)24-15-33-29(31)23-13-19(3-4-22(23)24)27-16-32-28-14-20(30)7-10-36(27)28/h3-7,10,13-16,18H,8-9,11-12,17H2,1-2H3,(H2,31,33). The van der Waals surface area contributed by atoms with Crippen molar-refractivity contribution in [2.75, 3.05) is 33.0 Å². The quantitative estimate of drug-likeness (QED) is 0.356. The Labute approximate surface area is 214 Å². The fraction of sp³-hybridized carbons (Fsp3) is 0.276. The molecular formula is C29H29FN6O. The van der Waals surface area contributed by atoms with E-state index in [0.29, 0.717) is 17.4 Å². The van der Waals surface area contributed by atoms with Crippen molar-refractivity contribution in [3.05, 3.63) is 78.1 Å². The Morgan fingerprint density at radius 1 is 1.03 bits per heavy atom. The fourth-order valence-corrected chi connectivity index (χ4v) is 5.27. The number of anilines is 1. The van der Waals surface area contributed by atoms with Crippen LogP contribution in [0.15, 0.2) is 61.1 Å².